The van der Waals surface area contributed by atoms with E-state index in [1.54, 1.807) is 31.2 Å². The normalized spacial score (nSPS) is 13.4. The van der Waals surface area contributed by atoms with Gasteiger partial charge in [0.2, 0.25) is 0 Å². The molecule has 0 radical (unpaired) electrons. The summed E-state index contributed by atoms with van der Waals surface area (Å²) in [7, 11) is 0. The largest absolute Gasteiger partial charge is 0.507 e. The summed E-state index contributed by atoms with van der Waals surface area (Å²) in [5, 5.41) is 18.3. The topological polar surface area (TPSA) is 66.5 Å². The van der Waals surface area contributed by atoms with Gasteiger partial charge in [0.15, 0.2) is 0 Å². The Kier molecular flexibility index (Phi) is 2.93. The van der Waals surface area contributed by atoms with Gasteiger partial charge in [0.05, 0.1) is 6.10 Å². The lowest BCUT2D eigenvalue weighted by molar-refractivity contribution is 0.245. The molecule has 0 bridgehead atoms. The van der Waals surface area contributed by atoms with Gasteiger partial charge in [0.1, 0.15) is 5.75 Å². The fraction of sp³-hybridized carbons (Fsp3) is 0.200. The molecule has 4 N–H and O–H groups in total. The minimum absolute atomic E-state index is 0.158. The second-order valence-electron chi connectivity index (χ2n) is 2.92. The van der Waals surface area contributed by atoms with E-state index in [-0.39, 0.29) is 5.75 Å². The van der Waals surface area contributed by atoms with Gasteiger partial charge in [-0.3, -0.25) is 0 Å². The molecule has 0 aliphatic rings. The zero-order chi connectivity index (χ0) is 9.84. The second-order valence-corrected chi connectivity index (χ2v) is 2.92. The van der Waals surface area contributed by atoms with Gasteiger partial charge < -0.3 is 15.9 Å². The third-order valence-corrected chi connectivity index (χ3v) is 1.61. The molecule has 1 aromatic carbocycles. The van der Waals surface area contributed by atoms with E-state index in [2.05, 4.69) is 0 Å². The highest BCUT2D eigenvalue weighted by Gasteiger charge is 1.97. The summed E-state index contributed by atoms with van der Waals surface area (Å²) >= 11 is 0. The Labute approximate surface area is 77.1 Å². The Morgan fingerprint density at radius 2 is 2.15 bits per heavy atom. The summed E-state index contributed by atoms with van der Waals surface area (Å²) in [4.78, 5) is 0. The minimum atomic E-state index is -0.527. The zero-order valence-corrected chi connectivity index (χ0v) is 7.44. The highest BCUT2D eigenvalue weighted by molar-refractivity contribution is 5.62. The SMILES string of the molecule is CC(O)C=Cc1cc(N)ccc1O. The maximum Gasteiger partial charge on any atom is 0.122 e. The number of nitrogens with two attached hydrogens (primary N) is 1. The van der Waals surface area contributed by atoms with Gasteiger partial charge in [0.25, 0.3) is 0 Å². The van der Waals surface area contributed by atoms with E-state index in [0.29, 0.717) is 11.3 Å². The average molecular weight is 179 g/mol. The fourth-order valence-corrected chi connectivity index (χ4v) is 0.949. The molecule has 0 aliphatic heterocycles. The van der Waals surface area contributed by atoms with E-state index in [1.807, 2.05) is 0 Å². The number of benzene rings is 1. The van der Waals surface area contributed by atoms with E-state index in [9.17, 15) is 5.11 Å². The van der Waals surface area contributed by atoms with Crippen molar-refractivity contribution in [3.63, 3.8) is 0 Å². The molecule has 1 atom stereocenters. The van der Waals surface area contributed by atoms with E-state index in [1.165, 1.54) is 6.07 Å². The van der Waals surface area contributed by atoms with Crippen molar-refractivity contribution < 1.29 is 10.2 Å². The van der Waals surface area contributed by atoms with Crippen LogP contribution < -0.4 is 5.73 Å². The van der Waals surface area contributed by atoms with Crippen LogP contribution in [0.15, 0.2) is 24.3 Å². The highest BCUT2D eigenvalue weighted by Crippen LogP contribution is 2.20. The first-order chi connectivity index (χ1) is 6.09. The van der Waals surface area contributed by atoms with Crippen LogP contribution in [0.2, 0.25) is 0 Å². The molecular formula is C10H13NO2. The molecule has 0 saturated heterocycles. The number of phenolic OH excluding ortho intramolecular Hbond substituents is 1. The number of hydrogen-bond acceptors (Lipinski definition) is 3. The van der Waals surface area contributed by atoms with Crippen LogP contribution in [0, 0.1) is 0 Å². The zero-order valence-electron chi connectivity index (χ0n) is 7.44. The molecule has 0 fully saturated rings. The molecular weight excluding hydrogens is 166 g/mol. The maximum atomic E-state index is 9.36. The first kappa shape index (κ1) is 9.61. The van der Waals surface area contributed by atoms with Crippen LogP contribution in [-0.4, -0.2) is 16.3 Å². The summed E-state index contributed by atoms with van der Waals surface area (Å²) in [6.07, 6.45) is 2.69. The number of aromatic hydroxyl groups is 1. The van der Waals surface area contributed by atoms with Gasteiger partial charge in [-0.15, -0.1) is 0 Å². The fourth-order valence-electron chi connectivity index (χ4n) is 0.949. The van der Waals surface area contributed by atoms with Crippen molar-refractivity contribution >= 4 is 11.8 Å². The van der Waals surface area contributed by atoms with Crippen LogP contribution in [-0.2, 0) is 0 Å². The monoisotopic (exact) mass is 179 g/mol. The molecule has 1 unspecified atom stereocenters. The van der Waals surface area contributed by atoms with Crippen LogP contribution >= 0.6 is 0 Å². The predicted molar refractivity (Wildman–Crippen MR) is 53.2 cm³/mol. The van der Waals surface area contributed by atoms with E-state index in [0.717, 1.165) is 0 Å². The van der Waals surface area contributed by atoms with Gasteiger partial charge in [-0.1, -0.05) is 12.2 Å². The Morgan fingerprint density at radius 1 is 1.46 bits per heavy atom. The van der Waals surface area contributed by atoms with Gasteiger partial charge in [-0.25, -0.2) is 0 Å². The van der Waals surface area contributed by atoms with Crippen molar-refractivity contribution in [3.8, 4) is 5.75 Å². The van der Waals surface area contributed by atoms with Crippen molar-refractivity contribution in [1.82, 2.24) is 0 Å². The molecule has 0 amide bonds. The van der Waals surface area contributed by atoms with Gasteiger partial charge in [-0.05, 0) is 25.1 Å². The van der Waals surface area contributed by atoms with Crippen LogP contribution in [0.25, 0.3) is 6.08 Å². The predicted octanol–water partition coefficient (Wildman–Crippen LogP) is 1.37. The Morgan fingerprint density at radius 3 is 2.77 bits per heavy atom. The van der Waals surface area contributed by atoms with Crippen LogP contribution in [0.4, 0.5) is 5.69 Å². The summed E-state index contributed by atoms with van der Waals surface area (Å²) in [6, 6.07) is 4.79. The standard InChI is InChI=1S/C10H13NO2/c1-7(12)2-3-8-6-9(11)4-5-10(8)13/h2-7,12-13H,11H2,1H3. The first-order valence-electron chi connectivity index (χ1n) is 4.04. The lowest BCUT2D eigenvalue weighted by atomic mass is 10.1. The molecule has 0 heterocycles. The average Bonchev–Trinajstić information content (AvgIpc) is 2.06. The molecule has 3 nitrogen and oxygen atoms in total. The summed E-state index contributed by atoms with van der Waals surface area (Å²) in [5.74, 6) is 0.158. The smallest absolute Gasteiger partial charge is 0.122 e. The van der Waals surface area contributed by atoms with Crippen molar-refractivity contribution in [2.24, 2.45) is 0 Å². The quantitative estimate of drug-likeness (QED) is 0.474. The number of nitrogen functional groups attached to an aromatic ring is 1. The number of aliphatic hydroxyl groups is 1. The molecule has 1 aromatic rings. The summed E-state index contributed by atoms with van der Waals surface area (Å²) < 4.78 is 0. The lowest BCUT2D eigenvalue weighted by Gasteiger charge is -2.00. The lowest BCUT2D eigenvalue weighted by Crippen LogP contribution is -1.92. The Bertz CT molecular complexity index is 319. The third kappa shape index (κ3) is 2.80. The van der Waals surface area contributed by atoms with E-state index < -0.39 is 6.10 Å². The number of hydrogen-bond donors (Lipinski definition) is 3. The number of anilines is 1. The number of rotatable bonds is 2. The highest BCUT2D eigenvalue weighted by atomic mass is 16.3. The molecule has 3 heteroatoms. The second kappa shape index (κ2) is 3.96. The summed E-state index contributed by atoms with van der Waals surface area (Å²) in [6.45, 7) is 1.64. The number of aliphatic hydroxyl groups excluding tert-OH is 1. The maximum absolute atomic E-state index is 9.36. The molecule has 13 heavy (non-hydrogen) atoms. The van der Waals surface area contributed by atoms with Gasteiger partial charge in [0, 0.05) is 11.3 Å². The molecule has 0 spiro atoms. The molecule has 70 valence electrons. The number of phenols is 1. The molecule has 0 aromatic heterocycles. The minimum Gasteiger partial charge on any atom is -0.507 e. The molecule has 1 rings (SSSR count). The van der Waals surface area contributed by atoms with Crippen molar-refractivity contribution in [2.75, 3.05) is 5.73 Å². The van der Waals surface area contributed by atoms with Gasteiger partial charge in [-0.2, -0.15) is 0 Å². The molecule has 0 saturated carbocycles. The van der Waals surface area contributed by atoms with E-state index in [4.69, 9.17) is 10.8 Å². The van der Waals surface area contributed by atoms with Gasteiger partial charge >= 0.3 is 0 Å². The summed E-state index contributed by atoms with van der Waals surface area (Å²) in [5.41, 5.74) is 6.72. The van der Waals surface area contributed by atoms with Crippen molar-refractivity contribution in [1.29, 1.82) is 0 Å². The van der Waals surface area contributed by atoms with Crippen LogP contribution in [0.3, 0.4) is 0 Å². The Balaban J connectivity index is 2.93. The first-order valence-corrected chi connectivity index (χ1v) is 4.04. The Hall–Kier alpha value is -1.48. The van der Waals surface area contributed by atoms with Crippen molar-refractivity contribution in [3.05, 3.63) is 29.8 Å². The van der Waals surface area contributed by atoms with Crippen LogP contribution in [0.1, 0.15) is 12.5 Å². The van der Waals surface area contributed by atoms with Crippen molar-refractivity contribution in [2.45, 2.75) is 13.0 Å². The molecule has 0 aliphatic carbocycles. The van der Waals surface area contributed by atoms with Crippen LogP contribution in [0.5, 0.6) is 5.75 Å². The van der Waals surface area contributed by atoms with E-state index >= 15 is 0 Å². The third-order valence-electron chi connectivity index (χ3n) is 1.61.